The van der Waals surface area contributed by atoms with Gasteiger partial charge in [0.1, 0.15) is 0 Å². The fourth-order valence-electron chi connectivity index (χ4n) is 1.91. The summed E-state index contributed by atoms with van der Waals surface area (Å²) in [5, 5.41) is 10.1. The molecule has 0 bridgehead atoms. The standard InChI is InChI=1S/C12H14F2O/c1-12(15,9-3-4-9)7-8-2-5-10(13)11(14)6-8/h2,5-6,9,15H,3-4,7H2,1H3. The number of benzene rings is 1. The maximum Gasteiger partial charge on any atom is 0.159 e. The van der Waals surface area contributed by atoms with Crippen molar-refractivity contribution in [2.45, 2.75) is 31.8 Å². The van der Waals surface area contributed by atoms with Crippen LogP contribution in [-0.2, 0) is 6.42 Å². The van der Waals surface area contributed by atoms with E-state index < -0.39 is 17.2 Å². The zero-order chi connectivity index (χ0) is 11.1. The van der Waals surface area contributed by atoms with Gasteiger partial charge in [0.15, 0.2) is 11.6 Å². The summed E-state index contributed by atoms with van der Waals surface area (Å²) in [6.45, 7) is 1.76. The Morgan fingerprint density at radius 1 is 1.33 bits per heavy atom. The summed E-state index contributed by atoms with van der Waals surface area (Å²) in [6.07, 6.45) is 2.43. The summed E-state index contributed by atoms with van der Waals surface area (Å²) in [5.41, 5.74) is -0.143. The Kier molecular flexibility index (Phi) is 2.51. The molecular formula is C12H14F2O. The molecule has 1 aromatic rings. The molecule has 0 saturated heterocycles. The van der Waals surface area contributed by atoms with Crippen LogP contribution >= 0.6 is 0 Å². The molecule has 0 amide bonds. The van der Waals surface area contributed by atoms with E-state index in [-0.39, 0.29) is 0 Å². The molecule has 0 spiro atoms. The highest BCUT2D eigenvalue weighted by Crippen LogP contribution is 2.41. The third kappa shape index (κ3) is 2.34. The van der Waals surface area contributed by atoms with Crippen molar-refractivity contribution < 1.29 is 13.9 Å². The molecule has 0 radical (unpaired) electrons. The molecule has 1 aromatic carbocycles. The molecule has 2 rings (SSSR count). The predicted molar refractivity (Wildman–Crippen MR) is 53.4 cm³/mol. The van der Waals surface area contributed by atoms with Gasteiger partial charge in [-0.15, -0.1) is 0 Å². The number of hydrogen-bond acceptors (Lipinski definition) is 1. The van der Waals surface area contributed by atoms with Gasteiger partial charge in [-0.3, -0.25) is 0 Å². The van der Waals surface area contributed by atoms with Crippen LogP contribution in [0.3, 0.4) is 0 Å². The van der Waals surface area contributed by atoms with Crippen molar-refractivity contribution in [3.05, 3.63) is 35.4 Å². The highest BCUT2D eigenvalue weighted by atomic mass is 19.2. The molecule has 82 valence electrons. The fourth-order valence-corrected chi connectivity index (χ4v) is 1.91. The maximum absolute atomic E-state index is 12.9. The average molecular weight is 212 g/mol. The lowest BCUT2D eigenvalue weighted by Crippen LogP contribution is -2.29. The first-order chi connectivity index (χ1) is 6.99. The molecule has 1 N–H and O–H groups in total. The molecule has 0 aliphatic heterocycles. The molecule has 1 nitrogen and oxygen atoms in total. The number of hydrogen-bond donors (Lipinski definition) is 1. The SMILES string of the molecule is CC(O)(Cc1ccc(F)c(F)c1)C1CC1. The van der Waals surface area contributed by atoms with E-state index in [9.17, 15) is 13.9 Å². The van der Waals surface area contributed by atoms with Crippen LogP contribution in [0.25, 0.3) is 0 Å². The minimum atomic E-state index is -0.848. The predicted octanol–water partition coefficient (Wildman–Crippen LogP) is 2.67. The molecule has 0 aromatic heterocycles. The summed E-state index contributed by atoms with van der Waals surface area (Å²) in [7, 11) is 0. The summed E-state index contributed by atoms with van der Waals surface area (Å²) in [5.74, 6) is -1.38. The number of halogens is 2. The molecule has 15 heavy (non-hydrogen) atoms. The molecular weight excluding hydrogens is 198 g/mol. The summed E-state index contributed by atoms with van der Waals surface area (Å²) >= 11 is 0. The van der Waals surface area contributed by atoms with E-state index in [1.54, 1.807) is 6.92 Å². The van der Waals surface area contributed by atoms with E-state index in [2.05, 4.69) is 0 Å². The van der Waals surface area contributed by atoms with Crippen LogP contribution in [0.15, 0.2) is 18.2 Å². The molecule has 1 atom stereocenters. The highest BCUT2D eigenvalue weighted by Gasteiger charge is 2.39. The molecule has 1 aliphatic rings. The Hall–Kier alpha value is -0.960. The smallest absolute Gasteiger partial charge is 0.159 e. The number of rotatable bonds is 3. The normalized spacial score (nSPS) is 20.0. The van der Waals surface area contributed by atoms with Crippen molar-refractivity contribution in [3.8, 4) is 0 Å². The Morgan fingerprint density at radius 3 is 2.53 bits per heavy atom. The lowest BCUT2D eigenvalue weighted by molar-refractivity contribution is 0.0371. The minimum Gasteiger partial charge on any atom is -0.390 e. The zero-order valence-electron chi connectivity index (χ0n) is 8.63. The van der Waals surface area contributed by atoms with Crippen LogP contribution in [0.2, 0.25) is 0 Å². The second-order valence-corrected chi connectivity index (χ2v) is 4.56. The molecule has 1 saturated carbocycles. The second-order valence-electron chi connectivity index (χ2n) is 4.56. The number of aliphatic hydroxyl groups is 1. The molecule has 1 fully saturated rings. The molecule has 3 heteroatoms. The van der Waals surface area contributed by atoms with Crippen LogP contribution in [0, 0.1) is 17.6 Å². The third-order valence-electron chi connectivity index (χ3n) is 3.00. The van der Waals surface area contributed by atoms with Gasteiger partial charge in [-0.2, -0.15) is 0 Å². The van der Waals surface area contributed by atoms with E-state index >= 15 is 0 Å². The van der Waals surface area contributed by atoms with E-state index in [1.165, 1.54) is 6.07 Å². The second kappa shape index (κ2) is 3.56. The Morgan fingerprint density at radius 2 is 2.00 bits per heavy atom. The minimum absolute atomic E-state index is 0.311. The van der Waals surface area contributed by atoms with E-state index in [0.717, 1.165) is 25.0 Å². The quantitative estimate of drug-likeness (QED) is 0.816. The maximum atomic E-state index is 12.9. The first-order valence-corrected chi connectivity index (χ1v) is 5.15. The van der Waals surface area contributed by atoms with Crippen LogP contribution < -0.4 is 0 Å². The third-order valence-corrected chi connectivity index (χ3v) is 3.00. The van der Waals surface area contributed by atoms with Gasteiger partial charge < -0.3 is 5.11 Å². The lowest BCUT2D eigenvalue weighted by atomic mass is 9.92. The van der Waals surface area contributed by atoms with Gasteiger partial charge >= 0.3 is 0 Å². The van der Waals surface area contributed by atoms with E-state index in [1.807, 2.05) is 0 Å². The topological polar surface area (TPSA) is 20.2 Å². The van der Waals surface area contributed by atoms with Gasteiger partial charge in [0, 0.05) is 6.42 Å². The first kappa shape index (κ1) is 10.6. The monoisotopic (exact) mass is 212 g/mol. The van der Waals surface area contributed by atoms with Crippen molar-refractivity contribution in [1.82, 2.24) is 0 Å². The van der Waals surface area contributed by atoms with Gasteiger partial charge in [0.05, 0.1) is 5.60 Å². The van der Waals surface area contributed by atoms with Gasteiger partial charge in [0.2, 0.25) is 0 Å². The average Bonchev–Trinajstić information content (AvgIpc) is 2.93. The summed E-state index contributed by atoms with van der Waals surface area (Å²) < 4.78 is 25.6. The Balaban J connectivity index is 2.13. The van der Waals surface area contributed by atoms with Gasteiger partial charge in [-0.05, 0) is 43.4 Å². The molecule has 0 heterocycles. The zero-order valence-corrected chi connectivity index (χ0v) is 8.63. The molecule has 1 aliphatic carbocycles. The Labute approximate surface area is 87.7 Å². The largest absolute Gasteiger partial charge is 0.390 e. The van der Waals surface area contributed by atoms with Crippen molar-refractivity contribution in [2.75, 3.05) is 0 Å². The van der Waals surface area contributed by atoms with Crippen LogP contribution in [0.1, 0.15) is 25.3 Å². The van der Waals surface area contributed by atoms with E-state index in [0.29, 0.717) is 17.9 Å². The van der Waals surface area contributed by atoms with Crippen molar-refractivity contribution >= 4 is 0 Å². The van der Waals surface area contributed by atoms with Crippen molar-refractivity contribution in [3.63, 3.8) is 0 Å². The lowest BCUT2D eigenvalue weighted by Gasteiger charge is -2.22. The van der Waals surface area contributed by atoms with Crippen LogP contribution in [0.5, 0.6) is 0 Å². The fraction of sp³-hybridized carbons (Fsp3) is 0.500. The van der Waals surface area contributed by atoms with Gasteiger partial charge in [0.25, 0.3) is 0 Å². The van der Waals surface area contributed by atoms with E-state index in [4.69, 9.17) is 0 Å². The van der Waals surface area contributed by atoms with Gasteiger partial charge in [-0.1, -0.05) is 6.07 Å². The summed E-state index contributed by atoms with van der Waals surface area (Å²) in [6, 6.07) is 3.79. The first-order valence-electron chi connectivity index (χ1n) is 5.15. The Bertz CT molecular complexity index is 370. The van der Waals surface area contributed by atoms with Gasteiger partial charge in [-0.25, -0.2) is 8.78 Å². The van der Waals surface area contributed by atoms with Crippen LogP contribution in [0.4, 0.5) is 8.78 Å². The van der Waals surface area contributed by atoms with Crippen molar-refractivity contribution in [2.24, 2.45) is 5.92 Å². The molecule has 1 unspecified atom stereocenters. The van der Waals surface area contributed by atoms with Crippen molar-refractivity contribution in [1.29, 1.82) is 0 Å². The van der Waals surface area contributed by atoms with Crippen LogP contribution in [-0.4, -0.2) is 10.7 Å². The highest BCUT2D eigenvalue weighted by molar-refractivity contribution is 5.20. The summed E-state index contributed by atoms with van der Waals surface area (Å²) in [4.78, 5) is 0.